The van der Waals surface area contributed by atoms with Crippen molar-refractivity contribution in [2.24, 2.45) is 0 Å². The van der Waals surface area contributed by atoms with Gasteiger partial charge < -0.3 is 20.4 Å². The fourth-order valence-electron chi connectivity index (χ4n) is 1.82. The zero-order valence-corrected chi connectivity index (χ0v) is 10.5. The Hall–Kier alpha value is -1.34. The Morgan fingerprint density at radius 3 is 2.17 bits per heavy atom. The van der Waals surface area contributed by atoms with Crippen LogP contribution in [0.25, 0.3) is 0 Å². The van der Waals surface area contributed by atoms with Gasteiger partial charge in [-0.3, -0.25) is 5.01 Å². The molecule has 0 spiro atoms. The van der Waals surface area contributed by atoms with E-state index in [-0.39, 0.29) is 24.7 Å². The monoisotopic (exact) mass is 257 g/mol. The number of rotatable bonds is 7. The molecule has 0 bridgehead atoms. The van der Waals surface area contributed by atoms with Crippen molar-refractivity contribution < 1.29 is 25.4 Å². The molecule has 18 heavy (non-hydrogen) atoms. The number of hydrogen-bond acceptors (Lipinski definition) is 5. The molecule has 1 aromatic rings. The van der Waals surface area contributed by atoms with E-state index in [0.29, 0.717) is 19.6 Å². The summed E-state index contributed by atoms with van der Waals surface area (Å²) in [5.74, 6) is -0.282. The van der Waals surface area contributed by atoms with Gasteiger partial charge in [0.25, 0.3) is 0 Å². The van der Waals surface area contributed by atoms with Gasteiger partial charge in [0.15, 0.2) is 11.5 Å². The average molecular weight is 257 g/mol. The Kier molecular flexibility index (Phi) is 5.87. The summed E-state index contributed by atoms with van der Waals surface area (Å²) in [6.07, 6.45) is 0. The molecule has 0 fully saturated rings. The van der Waals surface area contributed by atoms with Crippen molar-refractivity contribution in [2.45, 2.75) is 6.54 Å². The summed E-state index contributed by atoms with van der Waals surface area (Å²) >= 11 is 0. The van der Waals surface area contributed by atoms with E-state index in [9.17, 15) is 10.2 Å². The number of nitrogens with zero attached hydrogens (tertiary/aromatic N) is 1. The van der Waals surface area contributed by atoms with Crippen LogP contribution in [0.15, 0.2) is 18.2 Å². The predicted molar refractivity (Wildman–Crippen MR) is 66.1 cm³/mol. The number of aliphatic hydroxyl groups is 2. The average Bonchev–Trinajstić information content (AvgIpc) is 2.33. The number of quaternary nitrogens is 1. The van der Waals surface area contributed by atoms with Gasteiger partial charge in [0.2, 0.25) is 0 Å². The van der Waals surface area contributed by atoms with Gasteiger partial charge in [-0.05, 0) is 18.2 Å². The Balaban J connectivity index is 2.66. The summed E-state index contributed by atoms with van der Waals surface area (Å²) < 4.78 is 0. The second-order valence-corrected chi connectivity index (χ2v) is 4.17. The molecule has 0 aromatic heterocycles. The highest BCUT2D eigenvalue weighted by atomic mass is 16.3. The van der Waals surface area contributed by atoms with Crippen molar-refractivity contribution in [3.8, 4) is 11.5 Å². The van der Waals surface area contributed by atoms with Crippen LogP contribution in [-0.4, -0.2) is 58.8 Å². The van der Waals surface area contributed by atoms with Crippen LogP contribution < -0.4 is 5.01 Å². The van der Waals surface area contributed by atoms with Gasteiger partial charge in [-0.25, -0.2) is 0 Å². The summed E-state index contributed by atoms with van der Waals surface area (Å²) in [4.78, 5) is 0. The summed E-state index contributed by atoms with van der Waals surface area (Å²) in [6, 6.07) is 4.68. The van der Waals surface area contributed by atoms with Crippen LogP contribution in [0, 0.1) is 0 Å². The third-order valence-electron chi connectivity index (χ3n) is 2.78. The first-order valence-corrected chi connectivity index (χ1v) is 5.88. The number of nitrogens with one attached hydrogen (secondary N) is 1. The normalized spacial score (nSPS) is 12.9. The van der Waals surface area contributed by atoms with Crippen LogP contribution in [0.4, 0.5) is 0 Å². The maximum atomic E-state index is 9.41. The molecular weight excluding hydrogens is 236 g/mol. The lowest BCUT2D eigenvalue weighted by atomic mass is 10.2. The molecule has 1 rings (SSSR count). The van der Waals surface area contributed by atoms with Gasteiger partial charge in [0.05, 0.1) is 33.4 Å². The lowest BCUT2D eigenvalue weighted by Gasteiger charge is -2.27. The topological polar surface area (TPSA) is 88.6 Å². The van der Waals surface area contributed by atoms with Crippen LogP contribution in [0.3, 0.4) is 0 Å². The summed E-state index contributed by atoms with van der Waals surface area (Å²) in [5.41, 5.74) is 0.865. The highest BCUT2D eigenvalue weighted by molar-refractivity contribution is 5.40. The third-order valence-corrected chi connectivity index (χ3v) is 2.78. The zero-order valence-electron chi connectivity index (χ0n) is 10.5. The molecule has 0 amide bonds. The molecule has 0 aliphatic heterocycles. The van der Waals surface area contributed by atoms with E-state index >= 15 is 0 Å². The van der Waals surface area contributed by atoms with Crippen LogP contribution in [-0.2, 0) is 6.54 Å². The molecule has 102 valence electrons. The second kappa shape index (κ2) is 7.17. The van der Waals surface area contributed by atoms with Crippen LogP contribution >= 0.6 is 0 Å². The highest BCUT2D eigenvalue weighted by Gasteiger charge is 2.15. The summed E-state index contributed by atoms with van der Waals surface area (Å²) in [7, 11) is 1.91. The smallest absolute Gasteiger partial charge is 0.157 e. The molecule has 0 aliphatic rings. The largest absolute Gasteiger partial charge is 0.504 e. The first-order valence-electron chi connectivity index (χ1n) is 5.88. The van der Waals surface area contributed by atoms with E-state index < -0.39 is 0 Å². The van der Waals surface area contributed by atoms with E-state index in [1.54, 1.807) is 6.07 Å². The number of benzene rings is 1. The molecule has 1 atom stereocenters. The zero-order chi connectivity index (χ0) is 13.5. The van der Waals surface area contributed by atoms with Crippen molar-refractivity contribution in [2.75, 3.05) is 33.4 Å². The second-order valence-electron chi connectivity index (χ2n) is 4.17. The van der Waals surface area contributed by atoms with Crippen molar-refractivity contribution in [1.82, 2.24) is 5.01 Å². The van der Waals surface area contributed by atoms with Crippen molar-refractivity contribution >= 4 is 0 Å². The van der Waals surface area contributed by atoms with Gasteiger partial charge in [-0.15, -0.1) is 0 Å². The minimum atomic E-state index is -0.142. The van der Waals surface area contributed by atoms with Gasteiger partial charge in [-0.1, -0.05) is 0 Å². The molecule has 5 N–H and O–H groups in total. The molecule has 6 nitrogen and oxygen atoms in total. The standard InChI is InChI=1S/C12H20N2O4/c1-13(14(4-6-15)5-7-16)9-10-2-3-11(17)12(18)8-10/h2-3,8,15-18H,4-7,9H2,1H3/p+1. The summed E-state index contributed by atoms with van der Waals surface area (Å²) in [5, 5.41) is 39.4. The predicted octanol–water partition coefficient (Wildman–Crippen LogP) is -1.69. The van der Waals surface area contributed by atoms with Crippen molar-refractivity contribution in [3.63, 3.8) is 0 Å². The molecule has 0 aliphatic carbocycles. The Bertz CT molecular complexity index is 367. The Labute approximate surface area is 106 Å². The minimum absolute atomic E-state index is 0.0260. The lowest BCUT2D eigenvalue weighted by molar-refractivity contribution is -1.01. The summed E-state index contributed by atoms with van der Waals surface area (Å²) in [6.45, 7) is 1.58. The van der Waals surface area contributed by atoms with Crippen molar-refractivity contribution in [3.05, 3.63) is 23.8 Å². The fourth-order valence-corrected chi connectivity index (χ4v) is 1.82. The molecule has 0 saturated carbocycles. The molecule has 1 aromatic carbocycles. The van der Waals surface area contributed by atoms with Gasteiger partial charge in [0, 0.05) is 5.56 Å². The fraction of sp³-hybridized carbons (Fsp3) is 0.500. The quantitative estimate of drug-likeness (QED) is 0.297. The van der Waals surface area contributed by atoms with E-state index in [1.165, 1.54) is 12.1 Å². The van der Waals surface area contributed by atoms with Crippen molar-refractivity contribution in [1.29, 1.82) is 0 Å². The maximum absolute atomic E-state index is 9.41. The van der Waals surface area contributed by atoms with Crippen LogP contribution in [0.5, 0.6) is 11.5 Å². The highest BCUT2D eigenvalue weighted by Crippen LogP contribution is 2.24. The Morgan fingerprint density at radius 2 is 1.67 bits per heavy atom. The van der Waals surface area contributed by atoms with Gasteiger partial charge in [0.1, 0.15) is 6.54 Å². The van der Waals surface area contributed by atoms with E-state index in [2.05, 4.69) is 0 Å². The van der Waals surface area contributed by atoms with E-state index in [0.717, 1.165) is 10.6 Å². The number of aromatic hydroxyl groups is 2. The first kappa shape index (κ1) is 14.7. The lowest BCUT2D eigenvalue weighted by Crippen LogP contribution is -3.14. The molecule has 6 heteroatoms. The Morgan fingerprint density at radius 1 is 1.06 bits per heavy atom. The minimum Gasteiger partial charge on any atom is -0.504 e. The number of phenols is 2. The number of phenolic OH excluding ortho intramolecular Hbond substituents is 2. The van der Waals surface area contributed by atoms with Gasteiger partial charge in [-0.2, -0.15) is 5.01 Å². The van der Waals surface area contributed by atoms with E-state index in [4.69, 9.17) is 10.2 Å². The molecule has 0 heterocycles. The molecule has 0 saturated heterocycles. The first-order chi connectivity index (χ1) is 8.58. The van der Waals surface area contributed by atoms with E-state index in [1.807, 2.05) is 12.1 Å². The molecule has 1 unspecified atom stereocenters. The molecule has 0 radical (unpaired) electrons. The number of hydrogen-bond donors (Lipinski definition) is 5. The van der Waals surface area contributed by atoms with Gasteiger partial charge >= 0.3 is 0 Å². The van der Waals surface area contributed by atoms with Crippen LogP contribution in [0.2, 0.25) is 0 Å². The SMILES string of the molecule is C[NH+](Cc1ccc(O)c(O)c1)N(CCO)CCO. The molecular formula is C12H21N2O4+. The number of aliphatic hydroxyl groups excluding tert-OH is 2. The third kappa shape index (κ3) is 4.15. The van der Waals surface area contributed by atoms with Crippen LogP contribution in [0.1, 0.15) is 5.56 Å². The maximum Gasteiger partial charge on any atom is 0.157 e.